The molecule has 0 aromatic heterocycles. The maximum absolute atomic E-state index is 11.6. The second-order valence-electron chi connectivity index (χ2n) is 7.69. The minimum absolute atomic E-state index is 0.338. The summed E-state index contributed by atoms with van der Waals surface area (Å²) in [6.45, 7) is 8.19. The van der Waals surface area contributed by atoms with E-state index < -0.39 is 9.84 Å². The van der Waals surface area contributed by atoms with Crippen molar-refractivity contribution in [3.05, 3.63) is 71.8 Å². The van der Waals surface area contributed by atoms with Gasteiger partial charge in [-0.3, -0.25) is 4.90 Å². The predicted molar refractivity (Wildman–Crippen MR) is 128 cm³/mol. The quantitative estimate of drug-likeness (QED) is 0.530. The number of benzene rings is 2. The summed E-state index contributed by atoms with van der Waals surface area (Å²) >= 11 is 0. The number of nitrogens with zero attached hydrogens (tertiary/aromatic N) is 3. The zero-order chi connectivity index (χ0) is 22.1. The standard InChI is InChI=1S/C24H32N4O2S/c1-3-25-24(26-20-22-11-13-23(14-12-22)31(2,29)30)28-18-16-27(17-19-28)15-7-10-21-8-5-4-6-9-21/h4-14H,3,15-20H2,1-2H3,(H,25,26)/b10-7+. The number of piperazine rings is 1. The summed E-state index contributed by atoms with van der Waals surface area (Å²) in [6.07, 6.45) is 5.62. The Balaban J connectivity index is 1.53. The van der Waals surface area contributed by atoms with E-state index in [-0.39, 0.29) is 0 Å². The predicted octanol–water partition coefficient (Wildman–Crippen LogP) is 2.89. The molecule has 1 aliphatic heterocycles. The number of nitrogens with one attached hydrogen (secondary N) is 1. The Bertz CT molecular complexity index is 978. The summed E-state index contributed by atoms with van der Waals surface area (Å²) in [5.74, 6) is 0.911. The van der Waals surface area contributed by atoms with Crippen molar-refractivity contribution in [1.29, 1.82) is 0 Å². The summed E-state index contributed by atoms with van der Waals surface area (Å²) in [7, 11) is -3.17. The van der Waals surface area contributed by atoms with Gasteiger partial charge in [0.05, 0.1) is 11.4 Å². The minimum atomic E-state index is -3.17. The molecule has 0 unspecified atom stereocenters. The van der Waals surface area contributed by atoms with Crippen molar-refractivity contribution >= 4 is 21.9 Å². The lowest BCUT2D eigenvalue weighted by Gasteiger charge is -2.36. The van der Waals surface area contributed by atoms with Gasteiger partial charge < -0.3 is 10.2 Å². The van der Waals surface area contributed by atoms with Crippen LogP contribution in [0.3, 0.4) is 0 Å². The highest BCUT2D eigenvalue weighted by atomic mass is 32.2. The third kappa shape index (κ3) is 7.22. The van der Waals surface area contributed by atoms with E-state index in [0.717, 1.165) is 50.8 Å². The summed E-state index contributed by atoms with van der Waals surface area (Å²) in [5.41, 5.74) is 2.22. The van der Waals surface area contributed by atoms with Crippen LogP contribution in [0.4, 0.5) is 0 Å². The van der Waals surface area contributed by atoms with E-state index in [2.05, 4.69) is 58.5 Å². The van der Waals surface area contributed by atoms with Crippen LogP contribution in [0.2, 0.25) is 0 Å². The Hall–Kier alpha value is -2.64. The highest BCUT2D eigenvalue weighted by Crippen LogP contribution is 2.12. The van der Waals surface area contributed by atoms with Gasteiger partial charge in [0.25, 0.3) is 0 Å². The molecule has 1 aliphatic rings. The van der Waals surface area contributed by atoms with Crippen molar-refractivity contribution in [2.24, 2.45) is 4.99 Å². The number of guanidine groups is 1. The van der Waals surface area contributed by atoms with Crippen molar-refractivity contribution in [2.75, 3.05) is 45.5 Å². The van der Waals surface area contributed by atoms with Gasteiger partial charge in [0, 0.05) is 45.5 Å². The fraction of sp³-hybridized carbons (Fsp3) is 0.375. The maximum Gasteiger partial charge on any atom is 0.194 e. The van der Waals surface area contributed by atoms with Crippen molar-refractivity contribution in [3.8, 4) is 0 Å². The Morgan fingerprint density at radius 3 is 2.32 bits per heavy atom. The smallest absolute Gasteiger partial charge is 0.194 e. The van der Waals surface area contributed by atoms with E-state index in [1.54, 1.807) is 12.1 Å². The van der Waals surface area contributed by atoms with Gasteiger partial charge in [-0.25, -0.2) is 13.4 Å². The van der Waals surface area contributed by atoms with Crippen LogP contribution in [0, 0.1) is 0 Å². The van der Waals surface area contributed by atoms with Crippen LogP contribution in [0.15, 0.2) is 70.6 Å². The lowest BCUT2D eigenvalue weighted by atomic mass is 10.2. The molecule has 1 heterocycles. The molecule has 1 fully saturated rings. The number of aliphatic imine (C=N–C) groups is 1. The van der Waals surface area contributed by atoms with Crippen molar-refractivity contribution in [1.82, 2.24) is 15.1 Å². The fourth-order valence-electron chi connectivity index (χ4n) is 3.48. The average molecular weight is 441 g/mol. The van der Waals surface area contributed by atoms with E-state index >= 15 is 0 Å². The van der Waals surface area contributed by atoms with E-state index in [1.807, 2.05) is 18.2 Å². The first-order valence-corrected chi connectivity index (χ1v) is 12.6. The van der Waals surface area contributed by atoms with E-state index in [9.17, 15) is 8.42 Å². The molecule has 0 bridgehead atoms. The molecule has 31 heavy (non-hydrogen) atoms. The number of hydrogen-bond acceptors (Lipinski definition) is 4. The average Bonchev–Trinajstić information content (AvgIpc) is 2.78. The van der Waals surface area contributed by atoms with Crippen LogP contribution in [0.5, 0.6) is 0 Å². The lowest BCUT2D eigenvalue weighted by molar-refractivity contribution is 0.194. The maximum atomic E-state index is 11.6. The SMILES string of the molecule is CCNC(=NCc1ccc(S(C)(=O)=O)cc1)N1CCN(C/C=C/c2ccccc2)CC1. The minimum Gasteiger partial charge on any atom is -0.357 e. The fourth-order valence-corrected chi connectivity index (χ4v) is 4.11. The first-order chi connectivity index (χ1) is 15.0. The molecule has 3 rings (SSSR count). The van der Waals surface area contributed by atoms with Crippen LogP contribution in [0.25, 0.3) is 6.08 Å². The molecule has 0 saturated carbocycles. The largest absolute Gasteiger partial charge is 0.357 e. The number of hydrogen-bond donors (Lipinski definition) is 1. The summed E-state index contributed by atoms with van der Waals surface area (Å²) in [4.78, 5) is 9.86. The molecular formula is C24H32N4O2S. The van der Waals surface area contributed by atoms with Crippen LogP contribution >= 0.6 is 0 Å². The second kappa shape index (κ2) is 11.1. The van der Waals surface area contributed by atoms with E-state index in [1.165, 1.54) is 11.8 Å². The van der Waals surface area contributed by atoms with Gasteiger partial charge in [-0.15, -0.1) is 0 Å². The number of sulfone groups is 1. The van der Waals surface area contributed by atoms with Crippen LogP contribution < -0.4 is 5.32 Å². The van der Waals surface area contributed by atoms with Crippen molar-refractivity contribution in [3.63, 3.8) is 0 Å². The molecule has 6 nitrogen and oxygen atoms in total. The molecule has 0 radical (unpaired) electrons. The molecule has 0 spiro atoms. The molecular weight excluding hydrogens is 408 g/mol. The first-order valence-electron chi connectivity index (χ1n) is 10.7. The van der Waals surface area contributed by atoms with Gasteiger partial charge in [0.2, 0.25) is 0 Å². The first kappa shape index (κ1) is 23.0. The Labute approximate surface area is 186 Å². The zero-order valence-electron chi connectivity index (χ0n) is 18.4. The van der Waals surface area contributed by atoms with Crippen molar-refractivity contribution < 1.29 is 8.42 Å². The molecule has 2 aromatic rings. The molecule has 1 N–H and O–H groups in total. The van der Waals surface area contributed by atoms with Gasteiger partial charge in [0.1, 0.15) is 0 Å². The third-order valence-electron chi connectivity index (χ3n) is 5.24. The Morgan fingerprint density at radius 2 is 1.71 bits per heavy atom. The van der Waals surface area contributed by atoms with Crippen LogP contribution in [-0.2, 0) is 16.4 Å². The normalized spacial score (nSPS) is 16.1. The summed E-state index contributed by atoms with van der Waals surface area (Å²) in [6, 6.07) is 17.3. The Kier molecular flexibility index (Phi) is 8.26. The molecule has 166 valence electrons. The monoisotopic (exact) mass is 440 g/mol. The second-order valence-corrected chi connectivity index (χ2v) is 9.70. The van der Waals surface area contributed by atoms with Crippen LogP contribution in [0.1, 0.15) is 18.1 Å². The molecule has 0 aliphatic carbocycles. The van der Waals surface area contributed by atoms with Crippen LogP contribution in [-0.4, -0.2) is 69.7 Å². The summed E-state index contributed by atoms with van der Waals surface area (Å²) in [5, 5.41) is 3.39. The number of rotatable bonds is 7. The zero-order valence-corrected chi connectivity index (χ0v) is 19.2. The third-order valence-corrected chi connectivity index (χ3v) is 6.37. The van der Waals surface area contributed by atoms with Gasteiger partial charge in [-0.05, 0) is 30.2 Å². The Morgan fingerprint density at radius 1 is 1.03 bits per heavy atom. The molecule has 7 heteroatoms. The topological polar surface area (TPSA) is 65.0 Å². The lowest BCUT2D eigenvalue weighted by Crippen LogP contribution is -2.52. The van der Waals surface area contributed by atoms with Crippen molar-refractivity contribution in [2.45, 2.75) is 18.4 Å². The highest BCUT2D eigenvalue weighted by molar-refractivity contribution is 7.90. The highest BCUT2D eigenvalue weighted by Gasteiger charge is 2.18. The molecule has 2 aromatic carbocycles. The molecule has 0 amide bonds. The van der Waals surface area contributed by atoms with E-state index in [0.29, 0.717) is 11.4 Å². The van der Waals surface area contributed by atoms with Gasteiger partial charge in [-0.1, -0.05) is 54.6 Å². The van der Waals surface area contributed by atoms with E-state index in [4.69, 9.17) is 4.99 Å². The van der Waals surface area contributed by atoms with Gasteiger partial charge in [-0.2, -0.15) is 0 Å². The molecule has 0 atom stereocenters. The van der Waals surface area contributed by atoms with Gasteiger partial charge in [0.15, 0.2) is 15.8 Å². The summed E-state index contributed by atoms with van der Waals surface area (Å²) < 4.78 is 23.2. The van der Waals surface area contributed by atoms with Gasteiger partial charge >= 0.3 is 0 Å². The molecule has 1 saturated heterocycles.